The Hall–Kier alpha value is -2.50. The third-order valence-corrected chi connectivity index (χ3v) is 3.30. The highest BCUT2D eigenvalue weighted by atomic mass is 19.1. The second-order valence-corrected chi connectivity index (χ2v) is 5.22. The first-order valence-electron chi connectivity index (χ1n) is 6.71. The van der Waals surface area contributed by atoms with Crippen LogP contribution in [0.1, 0.15) is 28.9 Å². The van der Waals surface area contributed by atoms with Crippen LogP contribution in [-0.4, -0.2) is 21.9 Å². The molecule has 2 aromatic rings. The molecule has 0 atom stereocenters. The summed E-state index contributed by atoms with van der Waals surface area (Å²) in [5.41, 5.74) is 0.632. The molecule has 1 saturated carbocycles. The summed E-state index contributed by atoms with van der Waals surface area (Å²) in [5, 5.41) is 2.77. The molecule has 0 radical (unpaired) electrons. The molecule has 1 aliphatic carbocycles. The van der Waals surface area contributed by atoms with Crippen LogP contribution in [0.4, 0.5) is 4.39 Å². The van der Waals surface area contributed by atoms with Gasteiger partial charge in [0.2, 0.25) is 0 Å². The zero-order chi connectivity index (χ0) is 15.0. The van der Waals surface area contributed by atoms with E-state index in [4.69, 9.17) is 0 Å². The Kier molecular flexibility index (Phi) is 3.29. The molecule has 1 aliphatic rings. The maximum atomic E-state index is 13.9. The van der Waals surface area contributed by atoms with Crippen LogP contribution >= 0.6 is 0 Å². The highest BCUT2D eigenvalue weighted by molar-refractivity contribution is 5.93. The van der Waals surface area contributed by atoms with Gasteiger partial charge in [-0.3, -0.25) is 4.79 Å². The van der Waals surface area contributed by atoms with Crippen molar-refractivity contribution in [3.8, 4) is 11.3 Å². The molecule has 6 heteroatoms. The van der Waals surface area contributed by atoms with Gasteiger partial charge in [0.25, 0.3) is 5.91 Å². The lowest BCUT2D eigenvalue weighted by atomic mass is 10.1. The average molecular weight is 287 g/mol. The van der Waals surface area contributed by atoms with E-state index < -0.39 is 11.5 Å². The van der Waals surface area contributed by atoms with Gasteiger partial charge in [-0.2, -0.15) is 4.98 Å². The minimum absolute atomic E-state index is 0.0952. The Morgan fingerprint density at radius 1 is 1.38 bits per heavy atom. The molecule has 108 valence electrons. The first-order chi connectivity index (χ1) is 10.0. The monoisotopic (exact) mass is 287 g/mol. The summed E-state index contributed by atoms with van der Waals surface area (Å²) < 4.78 is 13.9. The molecule has 1 aromatic carbocycles. The number of aromatic nitrogens is 2. The number of halogens is 1. The number of aryl methyl sites for hydroxylation is 1. The smallest absolute Gasteiger partial charge is 0.346 e. The van der Waals surface area contributed by atoms with Gasteiger partial charge in [-0.1, -0.05) is 11.6 Å². The fraction of sp³-hybridized carbons (Fsp3) is 0.267. The van der Waals surface area contributed by atoms with Crippen molar-refractivity contribution in [2.75, 3.05) is 0 Å². The van der Waals surface area contributed by atoms with E-state index in [-0.39, 0.29) is 28.9 Å². The van der Waals surface area contributed by atoms with Crippen LogP contribution < -0.4 is 11.0 Å². The van der Waals surface area contributed by atoms with Crippen LogP contribution in [0.3, 0.4) is 0 Å². The summed E-state index contributed by atoms with van der Waals surface area (Å²) in [4.78, 5) is 29.7. The minimum atomic E-state index is -0.672. The van der Waals surface area contributed by atoms with E-state index in [1.807, 2.05) is 6.92 Å². The van der Waals surface area contributed by atoms with Crippen LogP contribution in [0.25, 0.3) is 11.3 Å². The van der Waals surface area contributed by atoms with Gasteiger partial charge in [-0.25, -0.2) is 9.18 Å². The molecular weight excluding hydrogens is 273 g/mol. The molecular formula is C15H14FN3O2. The number of hydrogen-bond donors (Lipinski definition) is 2. The van der Waals surface area contributed by atoms with Crippen molar-refractivity contribution >= 4 is 5.91 Å². The van der Waals surface area contributed by atoms with Gasteiger partial charge in [-0.15, -0.1) is 0 Å². The number of carbonyl (C=O) groups is 1. The molecule has 1 fully saturated rings. The Morgan fingerprint density at radius 3 is 2.86 bits per heavy atom. The summed E-state index contributed by atoms with van der Waals surface area (Å²) in [6, 6.07) is 6.12. The van der Waals surface area contributed by atoms with Crippen LogP contribution in [0.5, 0.6) is 0 Å². The lowest BCUT2D eigenvalue weighted by molar-refractivity contribution is 0.0945. The molecule has 0 unspecified atom stereocenters. The van der Waals surface area contributed by atoms with E-state index in [0.29, 0.717) is 0 Å². The van der Waals surface area contributed by atoms with Crippen molar-refractivity contribution in [2.24, 2.45) is 0 Å². The average Bonchev–Trinajstić information content (AvgIpc) is 3.24. The SMILES string of the molecule is Cc1ccc(F)c(-c2cc(C(=O)NC3CC3)[nH]c(=O)n2)c1. The van der Waals surface area contributed by atoms with E-state index in [2.05, 4.69) is 15.3 Å². The molecule has 0 bridgehead atoms. The fourth-order valence-corrected chi connectivity index (χ4v) is 2.04. The topological polar surface area (TPSA) is 74.8 Å². The summed E-state index contributed by atoms with van der Waals surface area (Å²) >= 11 is 0. The van der Waals surface area contributed by atoms with E-state index in [1.54, 1.807) is 12.1 Å². The normalized spacial score (nSPS) is 14.0. The van der Waals surface area contributed by atoms with E-state index in [0.717, 1.165) is 18.4 Å². The lowest BCUT2D eigenvalue weighted by Gasteiger charge is -2.07. The van der Waals surface area contributed by atoms with Crippen LogP contribution in [0.15, 0.2) is 29.1 Å². The van der Waals surface area contributed by atoms with Gasteiger partial charge < -0.3 is 10.3 Å². The van der Waals surface area contributed by atoms with E-state index in [9.17, 15) is 14.0 Å². The number of hydrogen-bond acceptors (Lipinski definition) is 3. The molecule has 3 rings (SSSR count). The third-order valence-electron chi connectivity index (χ3n) is 3.30. The highest BCUT2D eigenvalue weighted by Gasteiger charge is 2.24. The number of amides is 1. The van der Waals surface area contributed by atoms with Crippen LogP contribution in [0.2, 0.25) is 0 Å². The summed E-state index contributed by atoms with van der Waals surface area (Å²) in [7, 11) is 0. The van der Waals surface area contributed by atoms with E-state index in [1.165, 1.54) is 12.1 Å². The zero-order valence-corrected chi connectivity index (χ0v) is 11.4. The quantitative estimate of drug-likeness (QED) is 0.903. The standard InChI is InChI=1S/C15H14FN3O2/c1-8-2-5-11(16)10(6-8)12-7-13(19-15(21)18-12)14(20)17-9-3-4-9/h2,5-7,9H,3-4H2,1H3,(H,17,20)(H,18,19,21). The molecule has 0 saturated heterocycles. The molecule has 21 heavy (non-hydrogen) atoms. The minimum Gasteiger partial charge on any atom is -0.348 e. The van der Waals surface area contributed by atoms with Crippen LogP contribution in [0, 0.1) is 12.7 Å². The van der Waals surface area contributed by atoms with Crippen molar-refractivity contribution in [2.45, 2.75) is 25.8 Å². The van der Waals surface area contributed by atoms with Gasteiger partial charge in [-0.05, 0) is 38.0 Å². The first-order valence-corrected chi connectivity index (χ1v) is 6.71. The predicted molar refractivity (Wildman–Crippen MR) is 75.5 cm³/mol. The maximum Gasteiger partial charge on any atom is 0.346 e. The molecule has 1 heterocycles. The van der Waals surface area contributed by atoms with E-state index >= 15 is 0 Å². The van der Waals surface area contributed by atoms with Crippen molar-refractivity contribution < 1.29 is 9.18 Å². The molecule has 1 aromatic heterocycles. The number of aromatic amines is 1. The number of carbonyl (C=O) groups excluding carboxylic acids is 1. The van der Waals surface area contributed by atoms with Gasteiger partial charge in [0, 0.05) is 11.6 Å². The Balaban J connectivity index is 2.02. The van der Waals surface area contributed by atoms with Crippen molar-refractivity contribution in [3.05, 3.63) is 51.8 Å². The van der Waals surface area contributed by atoms with Gasteiger partial charge in [0.1, 0.15) is 11.5 Å². The molecule has 0 spiro atoms. The Morgan fingerprint density at radius 2 is 2.14 bits per heavy atom. The van der Waals surface area contributed by atoms with Crippen molar-refractivity contribution in [1.82, 2.24) is 15.3 Å². The largest absolute Gasteiger partial charge is 0.348 e. The number of nitrogens with one attached hydrogen (secondary N) is 2. The third kappa shape index (κ3) is 2.99. The van der Waals surface area contributed by atoms with Gasteiger partial charge >= 0.3 is 5.69 Å². The fourth-order valence-electron chi connectivity index (χ4n) is 2.04. The zero-order valence-electron chi connectivity index (χ0n) is 11.4. The van der Waals surface area contributed by atoms with Crippen molar-refractivity contribution in [1.29, 1.82) is 0 Å². The number of nitrogens with zero attached hydrogens (tertiary/aromatic N) is 1. The lowest BCUT2D eigenvalue weighted by Crippen LogP contribution is -2.29. The molecule has 5 nitrogen and oxygen atoms in total. The summed E-state index contributed by atoms with van der Waals surface area (Å²) in [6.07, 6.45) is 1.89. The second kappa shape index (κ2) is 5.12. The Bertz CT molecular complexity index is 766. The number of H-pyrrole nitrogens is 1. The maximum absolute atomic E-state index is 13.9. The summed E-state index contributed by atoms with van der Waals surface area (Å²) in [5.74, 6) is -0.849. The van der Waals surface area contributed by atoms with Gasteiger partial charge in [0.05, 0.1) is 5.69 Å². The molecule has 1 amide bonds. The van der Waals surface area contributed by atoms with Crippen LogP contribution in [-0.2, 0) is 0 Å². The first kappa shape index (κ1) is 13.5. The number of benzene rings is 1. The number of rotatable bonds is 3. The molecule has 2 N–H and O–H groups in total. The van der Waals surface area contributed by atoms with Crippen molar-refractivity contribution in [3.63, 3.8) is 0 Å². The predicted octanol–water partition coefficient (Wildman–Crippen LogP) is 1.78. The Labute approximate surface area is 120 Å². The summed E-state index contributed by atoms with van der Waals surface area (Å²) in [6.45, 7) is 1.82. The molecule has 0 aliphatic heterocycles. The second-order valence-electron chi connectivity index (χ2n) is 5.22. The van der Waals surface area contributed by atoms with Gasteiger partial charge in [0.15, 0.2) is 0 Å². The highest BCUT2D eigenvalue weighted by Crippen LogP contribution is 2.22.